The standard InChI is InChI=1S/C18H24N2O5.C3H8/c1-3-18(9-4-5-10-20(2)16(18)23)13-7-6-8-14(11-13)25-17(24)19-12-15(21)22;1-3-2/h6-8,11H,3-5,9-10,12H2,1-2H3,(H,19,24)(H,21,22);3H2,1-2H3. The van der Waals surface area contributed by atoms with Gasteiger partial charge in [0.05, 0.1) is 5.41 Å². The Morgan fingerprint density at radius 2 is 1.93 bits per heavy atom. The van der Waals surface area contributed by atoms with Gasteiger partial charge in [-0.2, -0.15) is 0 Å². The average molecular weight is 392 g/mol. The van der Waals surface area contributed by atoms with Crippen molar-refractivity contribution in [1.29, 1.82) is 0 Å². The van der Waals surface area contributed by atoms with E-state index in [4.69, 9.17) is 9.84 Å². The van der Waals surface area contributed by atoms with Gasteiger partial charge < -0.3 is 20.1 Å². The fourth-order valence-corrected chi connectivity index (χ4v) is 3.30. The first-order chi connectivity index (χ1) is 13.3. The van der Waals surface area contributed by atoms with Gasteiger partial charge in [-0.05, 0) is 37.0 Å². The van der Waals surface area contributed by atoms with E-state index in [2.05, 4.69) is 19.2 Å². The third kappa shape index (κ3) is 6.25. The SMILES string of the molecule is CCC.CCC1(c2cccc(OC(=O)NCC(=O)O)c2)CCCCN(C)C1=O. The Morgan fingerprint density at radius 1 is 1.25 bits per heavy atom. The zero-order valence-electron chi connectivity index (χ0n) is 17.3. The van der Waals surface area contributed by atoms with Gasteiger partial charge in [-0.1, -0.05) is 45.7 Å². The highest BCUT2D eigenvalue weighted by molar-refractivity contribution is 5.88. The van der Waals surface area contributed by atoms with Crippen molar-refractivity contribution in [3.8, 4) is 5.75 Å². The summed E-state index contributed by atoms with van der Waals surface area (Å²) in [5.74, 6) is -0.782. The van der Waals surface area contributed by atoms with Crippen LogP contribution in [0.2, 0.25) is 0 Å². The first kappa shape index (κ1) is 23.5. The van der Waals surface area contributed by atoms with Crippen LogP contribution in [0.15, 0.2) is 24.3 Å². The Bertz CT molecular complexity index is 677. The molecule has 2 amide bonds. The molecular weight excluding hydrogens is 360 g/mol. The summed E-state index contributed by atoms with van der Waals surface area (Å²) in [6.07, 6.45) is 3.74. The highest BCUT2D eigenvalue weighted by Gasteiger charge is 2.41. The molecule has 2 N–H and O–H groups in total. The lowest BCUT2D eigenvalue weighted by atomic mass is 9.73. The number of nitrogens with one attached hydrogen (secondary N) is 1. The van der Waals surface area contributed by atoms with Crippen LogP contribution in [-0.2, 0) is 15.0 Å². The fraction of sp³-hybridized carbons (Fsp3) is 0.571. The molecule has 0 bridgehead atoms. The Balaban J connectivity index is 0.00000122. The molecule has 28 heavy (non-hydrogen) atoms. The predicted molar refractivity (Wildman–Crippen MR) is 108 cm³/mol. The monoisotopic (exact) mass is 392 g/mol. The number of ether oxygens (including phenoxy) is 1. The van der Waals surface area contributed by atoms with Gasteiger partial charge in [0.15, 0.2) is 0 Å². The number of carbonyl (C=O) groups is 3. The summed E-state index contributed by atoms with van der Waals surface area (Å²) in [4.78, 5) is 36.9. The number of amides is 2. The number of aliphatic carboxylic acids is 1. The molecule has 0 spiro atoms. The van der Waals surface area contributed by atoms with Gasteiger partial charge in [0.2, 0.25) is 5.91 Å². The molecule has 0 aliphatic carbocycles. The molecule has 7 heteroatoms. The van der Waals surface area contributed by atoms with Crippen LogP contribution in [0.4, 0.5) is 4.79 Å². The number of likely N-dealkylation sites (N-methyl/N-ethyl adjacent to an activating group) is 1. The number of hydrogen-bond donors (Lipinski definition) is 2. The van der Waals surface area contributed by atoms with Crippen molar-refractivity contribution in [2.75, 3.05) is 20.1 Å². The minimum Gasteiger partial charge on any atom is -0.480 e. The quantitative estimate of drug-likeness (QED) is 0.799. The molecule has 2 rings (SSSR count). The van der Waals surface area contributed by atoms with E-state index >= 15 is 0 Å². The molecule has 0 radical (unpaired) electrons. The van der Waals surface area contributed by atoms with E-state index in [1.165, 1.54) is 6.42 Å². The minimum atomic E-state index is -1.15. The molecule has 1 saturated heterocycles. The van der Waals surface area contributed by atoms with Crippen LogP contribution >= 0.6 is 0 Å². The minimum absolute atomic E-state index is 0.0833. The number of rotatable bonds is 5. The van der Waals surface area contributed by atoms with E-state index in [0.29, 0.717) is 6.42 Å². The summed E-state index contributed by atoms with van der Waals surface area (Å²) >= 11 is 0. The Hall–Kier alpha value is -2.57. The highest BCUT2D eigenvalue weighted by atomic mass is 16.6. The van der Waals surface area contributed by atoms with Gasteiger partial charge in [0.1, 0.15) is 12.3 Å². The predicted octanol–water partition coefficient (Wildman–Crippen LogP) is 3.57. The maximum Gasteiger partial charge on any atom is 0.413 e. The highest BCUT2D eigenvalue weighted by Crippen LogP contribution is 2.38. The smallest absolute Gasteiger partial charge is 0.413 e. The van der Waals surface area contributed by atoms with Crippen molar-refractivity contribution < 1.29 is 24.2 Å². The van der Waals surface area contributed by atoms with E-state index in [-0.39, 0.29) is 11.7 Å². The lowest BCUT2D eigenvalue weighted by molar-refractivity contribution is -0.136. The molecule has 0 saturated carbocycles. The second-order valence-corrected chi connectivity index (χ2v) is 6.99. The molecule has 1 unspecified atom stereocenters. The topological polar surface area (TPSA) is 95.9 Å². The third-order valence-electron chi connectivity index (χ3n) is 4.69. The van der Waals surface area contributed by atoms with Crippen LogP contribution in [0.3, 0.4) is 0 Å². The number of hydrogen-bond acceptors (Lipinski definition) is 4. The third-order valence-corrected chi connectivity index (χ3v) is 4.69. The van der Waals surface area contributed by atoms with E-state index in [0.717, 1.165) is 31.4 Å². The van der Waals surface area contributed by atoms with Gasteiger partial charge >= 0.3 is 12.1 Å². The van der Waals surface area contributed by atoms with Crippen LogP contribution in [0.25, 0.3) is 0 Å². The number of carboxylic acids is 1. The summed E-state index contributed by atoms with van der Waals surface area (Å²) < 4.78 is 5.14. The maximum atomic E-state index is 13.0. The number of nitrogens with zero attached hydrogens (tertiary/aromatic N) is 1. The second kappa shape index (κ2) is 11.3. The van der Waals surface area contributed by atoms with Crippen molar-refractivity contribution in [3.63, 3.8) is 0 Å². The molecule has 0 aromatic heterocycles. The Kier molecular flexibility index (Phi) is 9.48. The molecular formula is C21H32N2O5. The normalized spacial score (nSPS) is 19.1. The van der Waals surface area contributed by atoms with Crippen molar-refractivity contribution in [1.82, 2.24) is 10.2 Å². The maximum absolute atomic E-state index is 13.0. The first-order valence-corrected chi connectivity index (χ1v) is 9.84. The number of carbonyl (C=O) groups excluding carboxylic acids is 2. The largest absolute Gasteiger partial charge is 0.480 e. The zero-order chi connectivity index (χ0) is 21.2. The van der Waals surface area contributed by atoms with E-state index < -0.39 is 24.0 Å². The summed E-state index contributed by atoms with van der Waals surface area (Å²) in [5, 5.41) is 10.7. The summed E-state index contributed by atoms with van der Waals surface area (Å²) in [5.41, 5.74) is 0.194. The van der Waals surface area contributed by atoms with Gasteiger partial charge in [-0.15, -0.1) is 0 Å². The van der Waals surface area contributed by atoms with Crippen LogP contribution < -0.4 is 10.1 Å². The molecule has 1 aromatic carbocycles. The van der Waals surface area contributed by atoms with E-state index in [9.17, 15) is 14.4 Å². The van der Waals surface area contributed by atoms with Gasteiger partial charge in [0.25, 0.3) is 0 Å². The van der Waals surface area contributed by atoms with Gasteiger partial charge in [0, 0.05) is 13.6 Å². The summed E-state index contributed by atoms with van der Waals surface area (Å²) in [7, 11) is 1.82. The number of likely N-dealkylation sites (tertiary alicyclic amines) is 1. The molecule has 7 nitrogen and oxygen atoms in total. The van der Waals surface area contributed by atoms with Crippen molar-refractivity contribution >= 4 is 18.0 Å². The number of carboxylic acid groups (broad SMARTS) is 1. The molecule has 1 aromatic rings. The van der Waals surface area contributed by atoms with Crippen molar-refractivity contribution in [2.45, 2.75) is 58.3 Å². The Labute approximate surface area is 167 Å². The summed E-state index contributed by atoms with van der Waals surface area (Å²) in [6, 6.07) is 6.92. The molecule has 1 fully saturated rings. The summed E-state index contributed by atoms with van der Waals surface area (Å²) in [6.45, 7) is 6.47. The molecule has 1 heterocycles. The van der Waals surface area contributed by atoms with Crippen molar-refractivity contribution in [3.05, 3.63) is 29.8 Å². The molecule has 1 atom stereocenters. The van der Waals surface area contributed by atoms with Crippen LogP contribution in [0, 0.1) is 0 Å². The molecule has 156 valence electrons. The lowest BCUT2D eigenvalue weighted by Gasteiger charge is -2.33. The van der Waals surface area contributed by atoms with Crippen molar-refractivity contribution in [2.24, 2.45) is 0 Å². The fourth-order valence-electron chi connectivity index (χ4n) is 3.30. The lowest BCUT2D eigenvalue weighted by Crippen LogP contribution is -2.43. The van der Waals surface area contributed by atoms with Crippen LogP contribution in [-0.4, -0.2) is 48.1 Å². The van der Waals surface area contributed by atoms with Gasteiger partial charge in [-0.3, -0.25) is 9.59 Å². The average Bonchev–Trinajstić information content (AvgIpc) is 2.81. The second-order valence-electron chi connectivity index (χ2n) is 6.99. The van der Waals surface area contributed by atoms with Crippen LogP contribution in [0.1, 0.15) is 58.4 Å². The molecule has 1 aliphatic rings. The van der Waals surface area contributed by atoms with Crippen LogP contribution in [0.5, 0.6) is 5.75 Å². The molecule has 1 aliphatic heterocycles. The van der Waals surface area contributed by atoms with E-state index in [1.807, 2.05) is 20.0 Å². The zero-order valence-corrected chi connectivity index (χ0v) is 17.3. The van der Waals surface area contributed by atoms with Gasteiger partial charge in [-0.25, -0.2) is 4.79 Å². The Morgan fingerprint density at radius 3 is 2.54 bits per heavy atom. The number of benzene rings is 1. The van der Waals surface area contributed by atoms with E-state index in [1.54, 1.807) is 23.1 Å². The first-order valence-electron chi connectivity index (χ1n) is 9.84.